The van der Waals surface area contributed by atoms with Crippen molar-refractivity contribution in [2.24, 2.45) is 7.05 Å². The topological polar surface area (TPSA) is 382 Å². The third kappa shape index (κ3) is 30.4. The zero-order valence-corrected chi connectivity index (χ0v) is 83.5. The number of aromatic nitrogens is 14. The van der Waals surface area contributed by atoms with Crippen LogP contribution in [0.5, 0.6) is 0 Å². The van der Waals surface area contributed by atoms with Crippen molar-refractivity contribution in [2.75, 3.05) is 125 Å². The molecule has 6 aliphatic rings. The predicted molar refractivity (Wildman–Crippen MR) is 546 cm³/mol. The first-order chi connectivity index (χ1) is 67.6. The van der Waals surface area contributed by atoms with E-state index in [4.69, 9.17) is 14.2 Å². The Morgan fingerprint density at radius 3 is 1.17 bits per heavy atom. The van der Waals surface area contributed by atoms with Gasteiger partial charge in [-0.05, 0) is 171 Å². The average molecular weight is 1970 g/mol. The zero-order valence-electron chi connectivity index (χ0n) is 79.4. The van der Waals surface area contributed by atoms with Crippen molar-refractivity contribution in [1.82, 2.24) is 84.5 Å². The molecule has 0 atom stereocenters. The number of nitrogens with one attached hydrogen (secondary N) is 5. The lowest BCUT2D eigenvalue weighted by atomic mass is 10.1. The summed E-state index contributed by atoms with van der Waals surface area (Å²) in [5, 5.41) is 37.3. The Balaban J connectivity index is 0.000000139. The van der Waals surface area contributed by atoms with E-state index in [0.29, 0.717) is 105 Å². The van der Waals surface area contributed by atoms with Gasteiger partial charge in [0, 0.05) is 228 Å². The summed E-state index contributed by atoms with van der Waals surface area (Å²) in [7, 11) is 1.72. The van der Waals surface area contributed by atoms with Crippen LogP contribution in [-0.4, -0.2) is 219 Å². The van der Waals surface area contributed by atoms with Gasteiger partial charge in [0.15, 0.2) is 23.0 Å². The maximum atomic E-state index is 13.0. The molecule has 5 amide bonds. The minimum Gasteiger partial charge on any atom is -0.381 e. The third-order valence-corrected chi connectivity index (χ3v) is 28.7. The molecule has 0 spiro atoms. The molecule has 1 saturated heterocycles. The molecule has 730 valence electrons. The Bertz CT molecular complexity index is 5940. The van der Waals surface area contributed by atoms with Crippen molar-refractivity contribution in [2.45, 2.75) is 207 Å². The van der Waals surface area contributed by atoms with Gasteiger partial charge in [0.05, 0.1) is 17.4 Å². The lowest BCUT2D eigenvalue weighted by molar-refractivity contribution is 0.0660. The number of Topliss-reactive ketones (excluding diaryl/α,β-unsaturated/α-hetero) is 2. The van der Waals surface area contributed by atoms with Gasteiger partial charge in [0.2, 0.25) is 0 Å². The van der Waals surface area contributed by atoms with Gasteiger partial charge in [0.1, 0.15) is 71.0 Å². The molecule has 32 nitrogen and oxygen atoms in total. The third-order valence-electron chi connectivity index (χ3n) is 24.3. The van der Waals surface area contributed by atoms with Crippen molar-refractivity contribution in [3.8, 4) is 52.9 Å². The van der Waals surface area contributed by atoms with Gasteiger partial charge in [-0.1, -0.05) is 77.0 Å². The van der Waals surface area contributed by atoms with E-state index in [1.54, 1.807) is 59.7 Å². The number of ketones is 2. The summed E-state index contributed by atoms with van der Waals surface area (Å²) >= 11 is 7.34. The van der Waals surface area contributed by atoms with Gasteiger partial charge >= 0.3 is 0 Å². The molecule has 20 bridgehead atoms. The Kier molecular flexibility index (Phi) is 40.0. The fourth-order valence-electron chi connectivity index (χ4n) is 16.6. The molecule has 12 aromatic rings. The van der Waals surface area contributed by atoms with E-state index in [1.807, 2.05) is 101 Å². The molecule has 138 heavy (non-hydrogen) atoms. The van der Waals surface area contributed by atoms with Crippen molar-refractivity contribution in [1.29, 1.82) is 0 Å². The van der Waals surface area contributed by atoms with Crippen molar-refractivity contribution >= 4 is 127 Å². The van der Waals surface area contributed by atoms with Gasteiger partial charge in [0.25, 0.3) is 29.5 Å². The number of pyridine rings is 5. The lowest BCUT2D eigenvalue weighted by Crippen LogP contribution is -2.32. The lowest BCUT2D eigenvalue weighted by Gasteiger charge is -2.22. The number of carbonyl (C=O) groups excluding carboxylic acids is 7. The predicted octanol–water partition coefficient (Wildman–Crippen LogP) is 20.0. The van der Waals surface area contributed by atoms with Crippen LogP contribution in [0.4, 0.5) is 28.8 Å². The number of hydrogen-bond donors (Lipinski definition) is 5. The summed E-state index contributed by atoms with van der Waals surface area (Å²) in [6.07, 6.45) is 40.5. The molecule has 0 unspecified atom stereocenters. The second kappa shape index (κ2) is 54.0. The van der Waals surface area contributed by atoms with Crippen molar-refractivity contribution in [3.05, 3.63) is 182 Å². The molecular formula is C101H126N22O10S5. The number of amides is 5. The van der Waals surface area contributed by atoms with E-state index in [0.717, 1.165) is 211 Å². The number of nitrogens with zero attached hydrogens (tertiary/aromatic N) is 17. The number of hydrogen-bond acceptors (Lipinski definition) is 30. The van der Waals surface area contributed by atoms with Gasteiger partial charge in [-0.15, -0.1) is 56.7 Å². The Morgan fingerprint density at radius 2 is 0.710 bits per heavy atom. The van der Waals surface area contributed by atoms with Crippen LogP contribution in [0.1, 0.15) is 279 Å². The van der Waals surface area contributed by atoms with Crippen LogP contribution >= 0.6 is 56.7 Å². The smallest absolute Gasteiger partial charge is 0.275 e. The number of fused-ring (bicyclic) bond motifs is 27. The van der Waals surface area contributed by atoms with Crippen LogP contribution in [0, 0.1) is 0 Å². The van der Waals surface area contributed by atoms with Crippen LogP contribution < -0.4 is 31.5 Å². The second-order valence-corrected chi connectivity index (χ2v) is 38.8. The molecule has 6 aliphatic heterocycles. The highest BCUT2D eigenvalue weighted by atomic mass is 32.1. The molecule has 37 heteroatoms. The largest absolute Gasteiger partial charge is 0.381 e. The molecule has 0 aromatic carbocycles. The Labute approximate surface area is 826 Å². The van der Waals surface area contributed by atoms with Crippen molar-refractivity contribution in [3.63, 3.8) is 0 Å². The summed E-state index contributed by atoms with van der Waals surface area (Å²) in [5.74, 6) is 1.80. The quantitative estimate of drug-likeness (QED) is 0.109. The molecular weight excluding hydrogens is 1840 g/mol. The summed E-state index contributed by atoms with van der Waals surface area (Å²) in [5.41, 5.74) is 10.4. The van der Waals surface area contributed by atoms with E-state index >= 15 is 0 Å². The van der Waals surface area contributed by atoms with Gasteiger partial charge in [-0.25, -0.2) is 39.9 Å². The number of aryl methyl sites for hydroxylation is 3. The van der Waals surface area contributed by atoms with E-state index in [1.165, 1.54) is 145 Å². The summed E-state index contributed by atoms with van der Waals surface area (Å²) in [4.78, 5) is 140. The van der Waals surface area contributed by atoms with Gasteiger partial charge < -0.3 is 55.5 Å². The Hall–Kier alpha value is -11.7. The molecule has 1 fully saturated rings. The second-order valence-electron chi connectivity index (χ2n) is 34.5. The minimum atomic E-state index is -0.367. The fraction of sp³-hybridized carbons (Fsp3) is 0.475. The highest BCUT2D eigenvalue weighted by molar-refractivity contribution is 7.14. The monoisotopic (exact) mass is 1970 g/mol. The first-order valence-electron chi connectivity index (χ1n) is 48.8. The number of rotatable bonds is 4. The Morgan fingerprint density at radius 1 is 0.355 bits per heavy atom. The first kappa shape index (κ1) is 102. The van der Waals surface area contributed by atoms with Crippen LogP contribution in [0.3, 0.4) is 0 Å². The van der Waals surface area contributed by atoms with Gasteiger partial charge in [-0.3, -0.25) is 52.9 Å². The number of carbonyl (C=O) groups is 7. The average Bonchev–Trinajstić information content (AvgIpc) is 1.67. The normalized spacial score (nSPS) is 17.2. The van der Waals surface area contributed by atoms with Crippen LogP contribution in [0.15, 0.2) is 131 Å². The van der Waals surface area contributed by atoms with Crippen LogP contribution in [-0.2, 0) is 34.1 Å². The zero-order chi connectivity index (χ0) is 96.0. The SMILES string of the molecule is CCN1CCCCCCCCN(CC)c2cc(ccn2)-c2nc(cs2)C1=O.CCN1CCCCCCCCNc2cc(ccn2)-c2nc(cs2)C1=O.Cn1cc2c(n1)C(=O)CCCOCCCc1cc(ccn1)-c1nc(cs1)C(=O)N2.O=C1NCCCCCCCCNc2cc(ccn2)-c2nc1cs2.O=C1Nc2cn(C3CCOCC3)nc2C(=O)CCCOCCCc2cc(ccn2)-c2nc1cs2. The number of thiazole rings is 5. The highest BCUT2D eigenvalue weighted by Gasteiger charge is 2.28. The maximum Gasteiger partial charge on any atom is 0.275 e. The minimum absolute atomic E-state index is 0.0433. The molecule has 12 aromatic heterocycles. The molecule has 0 aliphatic carbocycles. The van der Waals surface area contributed by atoms with E-state index in [9.17, 15) is 33.6 Å². The maximum absolute atomic E-state index is 13.0. The van der Waals surface area contributed by atoms with Crippen LogP contribution in [0.25, 0.3) is 52.9 Å². The molecule has 18 rings (SSSR count). The van der Waals surface area contributed by atoms with E-state index in [-0.39, 0.29) is 58.5 Å². The molecule has 0 radical (unpaired) electrons. The summed E-state index contributed by atoms with van der Waals surface area (Å²) < 4.78 is 20.1. The summed E-state index contributed by atoms with van der Waals surface area (Å²) in [6.45, 7) is 17.5. The highest BCUT2D eigenvalue weighted by Crippen LogP contribution is 2.34. The van der Waals surface area contributed by atoms with Crippen LogP contribution in [0.2, 0.25) is 0 Å². The molecule has 0 saturated carbocycles. The first-order valence-corrected chi connectivity index (χ1v) is 53.2. The van der Waals surface area contributed by atoms with Gasteiger partial charge in [-0.2, -0.15) is 10.2 Å². The van der Waals surface area contributed by atoms with Crippen molar-refractivity contribution < 1.29 is 47.8 Å². The molecule has 5 N–H and O–H groups in total. The van der Waals surface area contributed by atoms with E-state index < -0.39 is 0 Å². The number of anilines is 5. The standard InChI is InChI=1S/C24H27N5O4S.C21H30N4OS.C20H21N5O3S.C19H26N4OS.C17H22N4OS/c30-21-4-2-10-32-9-1-3-17-13-16(5-8-25-17)24-27-20(15-34-24)23(31)26-19-14-29(28-22(19)21)18-6-11-33-12-7-18;1-3-24-13-9-7-5-6-8-10-14-25(4-2)21(26)18-16-27-20(23-18)17-11-12-22-19(24)15-17;1-25-11-15-18(24-25)17(26)5-3-9-28-8-2-4-14-10-13(6-7-21-14)20-23-16(12-29-20)19(27)22-15;1-2-23-12-8-6-4-3-5-7-10-20-17-13-15(9-11-21-17)18-22-16(14-25-18)19(23)24;22-16-14-12-23-17(21-14)13-7-10-19-15(11-13)18-8-5-3-1-2-4-6-9-20-16/h5,8,13-15,18H,1-4,6-7,9-12H2,(H,26,31);11-12,15-16H,3-10,13-14H2,1-2H3;6-7,10-12H,2-5,8-9H2,1H3,(H,22,27);9,11,13-14H,2-8,10,12H2,1H3,(H,20,21);7,10-12H,1-6,8-9H2,(H,18,19)(H,20,22). The van der Waals surface area contributed by atoms with E-state index in [2.05, 4.69) is 105 Å². The number of ether oxygens (including phenoxy) is 3. The summed E-state index contributed by atoms with van der Waals surface area (Å²) in [6, 6.07) is 19.9. The molecule has 18 heterocycles. The fourth-order valence-corrected chi connectivity index (χ4v) is 20.6.